The van der Waals surface area contributed by atoms with Gasteiger partial charge >= 0.3 is 5.97 Å². The van der Waals surface area contributed by atoms with Gasteiger partial charge in [-0.1, -0.05) is 24.3 Å². The first kappa shape index (κ1) is 13.7. The third-order valence-corrected chi connectivity index (χ3v) is 4.53. The molecule has 0 aliphatic rings. The second-order valence-electron chi connectivity index (χ2n) is 3.81. The van der Waals surface area contributed by atoms with E-state index in [1.54, 1.807) is 24.3 Å². The van der Waals surface area contributed by atoms with Gasteiger partial charge in [0.15, 0.2) is 15.1 Å². The summed E-state index contributed by atoms with van der Waals surface area (Å²) in [6.45, 7) is 1.56. The number of carboxylic acids is 1. The van der Waals surface area contributed by atoms with Crippen LogP contribution in [0.15, 0.2) is 24.3 Å². The lowest BCUT2D eigenvalue weighted by atomic mass is 10.1. The molecule has 0 saturated carbocycles. The summed E-state index contributed by atoms with van der Waals surface area (Å²) in [6.07, 6.45) is 0. The van der Waals surface area contributed by atoms with Crippen molar-refractivity contribution in [1.29, 1.82) is 0 Å². The molecule has 6 heteroatoms. The Morgan fingerprint density at radius 1 is 1.29 bits per heavy atom. The molecule has 0 aliphatic heterocycles. The second kappa shape index (κ2) is 5.29. The van der Waals surface area contributed by atoms with Crippen LogP contribution in [0, 0.1) is 0 Å². The largest absolute Gasteiger partial charge is 0.480 e. The number of sulfone groups is 1. The SMILES string of the molecule is CC(C(=O)O)S(=O)(=O)Cc1ccc(CN)cc1. The molecule has 17 heavy (non-hydrogen) atoms. The van der Waals surface area contributed by atoms with Crippen LogP contribution in [0.3, 0.4) is 0 Å². The van der Waals surface area contributed by atoms with Gasteiger partial charge in [0, 0.05) is 6.54 Å². The summed E-state index contributed by atoms with van der Waals surface area (Å²) in [5, 5.41) is 7.29. The molecule has 0 heterocycles. The summed E-state index contributed by atoms with van der Waals surface area (Å²) in [5.74, 6) is -1.60. The molecule has 0 saturated heterocycles. The van der Waals surface area contributed by atoms with Crippen LogP contribution in [0.2, 0.25) is 0 Å². The van der Waals surface area contributed by atoms with Gasteiger partial charge < -0.3 is 10.8 Å². The Hall–Kier alpha value is -1.40. The molecule has 1 rings (SSSR count). The molecule has 0 fully saturated rings. The Labute approximate surface area is 100 Å². The van der Waals surface area contributed by atoms with E-state index < -0.39 is 21.1 Å². The smallest absolute Gasteiger partial charge is 0.321 e. The monoisotopic (exact) mass is 257 g/mol. The standard InChI is InChI=1S/C11H15NO4S/c1-8(11(13)14)17(15,16)7-10-4-2-9(6-12)3-5-10/h2-5,8H,6-7,12H2,1H3,(H,13,14). The molecule has 0 amide bonds. The van der Waals surface area contributed by atoms with E-state index in [2.05, 4.69) is 0 Å². The third-order valence-electron chi connectivity index (χ3n) is 2.51. The van der Waals surface area contributed by atoms with Crippen molar-refractivity contribution in [2.24, 2.45) is 5.73 Å². The fraction of sp³-hybridized carbons (Fsp3) is 0.364. The van der Waals surface area contributed by atoms with Gasteiger partial charge in [-0.2, -0.15) is 0 Å². The molecule has 0 spiro atoms. The number of aliphatic carboxylic acids is 1. The lowest BCUT2D eigenvalue weighted by Gasteiger charge is -2.08. The van der Waals surface area contributed by atoms with E-state index in [1.807, 2.05) is 0 Å². The number of carbonyl (C=O) groups is 1. The highest BCUT2D eigenvalue weighted by Gasteiger charge is 2.27. The highest BCUT2D eigenvalue weighted by Crippen LogP contribution is 2.12. The van der Waals surface area contributed by atoms with Crippen LogP contribution in [0.4, 0.5) is 0 Å². The van der Waals surface area contributed by atoms with Crippen LogP contribution in [0.1, 0.15) is 18.1 Å². The van der Waals surface area contributed by atoms with Crippen molar-refractivity contribution in [2.45, 2.75) is 24.5 Å². The van der Waals surface area contributed by atoms with E-state index >= 15 is 0 Å². The summed E-state index contributed by atoms with van der Waals surface area (Å²) in [6, 6.07) is 6.76. The summed E-state index contributed by atoms with van der Waals surface area (Å²) in [4.78, 5) is 10.6. The predicted molar refractivity (Wildman–Crippen MR) is 64.1 cm³/mol. The van der Waals surface area contributed by atoms with Crippen LogP contribution in [0.25, 0.3) is 0 Å². The third kappa shape index (κ3) is 3.54. The molecule has 1 aromatic rings. The Morgan fingerprint density at radius 3 is 2.18 bits per heavy atom. The van der Waals surface area contributed by atoms with Crippen molar-refractivity contribution in [3.05, 3.63) is 35.4 Å². The maximum absolute atomic E-state index is 11.7. The van der Waals surface area contributed by atoms with Crippen LogP contribution < -0.4 is 5.73 Å². The molecule has 0 bridgehead atoms. The van der Waals surface area contributed by atoms with Gasteiger partial charge in [0.1, 0.15) is 0 Å². The molecule has 1 atom stereocenters. The fourth-order valence-corrected chi connectivity index (χ4v) is 2.50. The van der Waals surface area contributed by atoms with E-state index in [-0.39, 0.29) is 5.75 Å². The Kier molecular flexibility index (Phi) is 4.25. The van der Waals surface area contributed by atoms with Gasteiger partial charge in [-0.05, 0) is 18.1 Å². The van der Waals surface area contributed by atoms with Gasteiger partial charge in [-0.3, -0.25) is 4.79 Å². The number of nitrogens with two attached hydrogens (primary N) is 1. The van der Waals surface area contributed by atoms with E-state index in [0.717, 1.165) is 5.56 Å². The number of rotatable bonds is 5. The minimum atomic E-state index is -3.66. The maximum atomic E-state index is 11.7. The Bertz CT molecular complexity index is 493. The number of carboxylic acid groups (broad SMARTS) is 1. The van der Waals surface area contributed by atoms with Crippen molar-refractivity contribution in [2.75, 3.05) is 0 Å². The summed E-state index contributed by atoms with van der Waals surface area (Å²) in [7, 11) is -3.66. The molecular weight excluding hydrogens is 242 g/mol. The van der Waals surface area contributed by atoms with Gasteiger partial charge in [-0.25, -0.2) is 8.42 Å². The second-order valence-corrected chi connectivity index (χ2v) is 6.13. The Balaban J connectivity index is 2.86. The first-order chi connectivity index (χ1) is 7.86. The first-order valence-electron chi connectivity index (χ1n) is 5.09. The average Bonchev–Trinajstić information content (AvgIpc) is 2.28. The normalized spacial score (nSPS) is 13.3. The minimum Gasteiger partial charge on any atom is -0.480 e. The van der Waals surface area contributed by atoms with Crippen LogP contribution in [-0.2, 0) is 26.9 Å². The highest BCUT2D eigenvalue weighted by atomic mass is 32.2. The zero-order valence-corrected chi connectivity index (χ0v) is 10.3. The van der Waals surface area contributed by atoms with E-state index in [1.165, 1.54) is 6.92 Å². The van der Waals surface area contributed by atoms with Crippen molar-refractivity contribution in [3.63, 3.8) is 0 Å². The molecule has 1 aromatic carbocycles. The fourth-order valence-electron chi connectivity index (χ4n) is 1.28. The van der Waals surface area contributed by atoms with Crippen molar-refractivity contribution >= 4 is 15.8 Å². The summed E-state index contributed by atoms with van der Waals surface area (Å²) >= 11 is 0. The van der Waals surface area contributed by atoms with Gasteiger partial charge in [0.2, 0.25) is 0 Å². The van der Waals surface area contributed by atoms with E-state index in [9.17, 15) is 13.2 Å². The minimum absolute atomic E-state index is 0.273. The molecular formula is C11H15NO4S. The van der Waals surface area contributed by atoms with Gasteiger partial charge in [0.25, 0.3) is 0 Å². The molecule has 0 radical (unpaired) electrons. The van der Waals surface area contributed by atoms with Crippen LogP contribution in [0.5, 0.6) is 0 Å². The molecule has 5 nitrogen and oxygen atoms in total. The highest BCUT2D eigenvalue weighted by molar-refractivity contribution is 7.91. The van der Waals surface area contributed by atoms with Gasteiger partial charge in [0.05, 0.1) is 5.75 Å². The molecule has 94 valence electrons. The summed E-state index contributed by atoms with van der Waals surface area (Å²) < 4.78 is 23.4. The van der Waals surface area contributed by atoms with Crippen molar-refractivity contribution in [3.8, 4) is 0 Å². The number of benzene rings is 1. The van der Waals surface area contributed by atoms with Crippen LogP contribution in [-0.4, -0.2) is 24.7 Å². The van der Waals surface area contributed by atoms with Crippen LogP contribution >= 0.6 is 0 Å². The van der Waals surface area contributed by atoms with E-state index in [0.29, 0.717) is 12.1 Å². The van der Waals surface area contributed by atoms with Crippen molar-refractivity contribution < 1.29 is 18.3 Å². The maximum Gasteiger partial charge on any atom is 0.321 e. The Morgan fingerprint density at radius 2 is 1.76 bits per heavy atom. The zero-order chi connectivity index (χ0) is 13.1. The lowest BCUT2D eigenvalue weighted by Crippen LogP contribution is -2.28. The summed E-state index contributed by atoms with van der Waals surface area (Å²) in [5.41, 5.74) is 6.88. The number of hydrogen-bond donors (Lipinski definition) is 2. The lowest BCUT2D eigenvalue weighted by molar-refractivity contribution is -0.136. The molecule has 0 aliphatic carbocycles. The van der Waals surface area contributed by atoms with Crippen molar-refractivity contribution in [1.82, 2.24) is 0 Å². The zero-order valence-electron chi connectivity index (χ0n) is 9.46. The quantitative estimate of drug-likeness (QED) is 0.802. The predicted octanol–water partition coefficient (Wildman–Crippen LogP) is 0.533. The topological polar surface area (TPSA) is 97.5 Å². The average molecular weight is 257 g/mol. The van der Waals surface area contributed by atoms with Gasteiger partial charge in [-0.15, -0.1) is 0 Å². The number of hydrogen-bond acceptors (Lipinski definition) is 4. The molecule has 1 unspecified atom stereocenters. The van der Waals surface area contributed by atoms with E-state index in [4.69, 9.17) is 10.8 Å². The first-order valence-corrected chi connectivity index (χ1v) is 6.80. The molecule has 3 N–H and O–H groups in total. The molecule has 0 aromatic heterocycles.